The first kappa shape index (κ1) is 22.5. The van der Waals surface area contributed by atoms with Gasteiger partial charge in [-0.1, -0.05) is 19.9 Å². The van der Waals surface area contributed by atoms with E-state index in [-0.39, 0.29) is 30.0 Å². The zero-order valence-corrected chi connectivity index (χ0v) is 19.3. The molecule has 7 atom stereocenters. The fraction of sp³-hybridized carbons (Fsp3) is 0.750. The van der Waals surface area contributed by atoms with Gasteiger partial charge in [0.05, 0.1) is 12.0 Å². The van der Waals surface area contributed by atoms with Gasteiger partial charge in [-0.15, -0.1) is 0 Å². The lowest BCUT2D eigenvalue weighted by Crippen LogP contribution is -2.59. The molecule has 162 valence electrons. The molecule has 9 heteroatoms. The van der Waals surface area contributed by atoms with Crippen molar-refractivity contribution in [1.82, 2.24) is 0 Å². The molecule has 2 heterocycles. The largest absolute Gasteiger partial charge is 0.463 e. The van der Waals surface area contributed by atoms with Gasteiger partial charge in [0.1, 0.15) is 18.8 Å². The van der Waals surface area contributed by atoms with Crippen molar-refractivity contribution in [1.29, 1.82) is 0 Å². The molecule has 0 aromatic heterocycles. The summed E-state index contributed by atoms with van der Waals surface area (Å²) in [5, 5.41) is 0. The minimum atomic E-state index is -0.903. The number of halogens is 1. The molecule has 29 heavy (non-hydrogen) atoms. The highest BCUT2D eigenvalue weighted by atomic mass is 127. The molecule has 0 saturated carbocycles. The van der Waals surface area contributed by atoms with Gasteiger partial charge in [0.2, 0.25) is 0 Å². The fourth-order valence-corrected chi connectivity index (χ4v) is 6.07. The summed E-state index contributed by atoms with van der Waals surface area (Å²) in [4.78, 5) is 35.1. The molecule has 1 aliphatic carbocycles. The van der Waals surface area contributed by atoms with E-state index in [4.69, 9.17) is 23.7 Å². The van der Waals surface area contributed by atoms with E-state index in [0.717, 1.165) is 6.42 Å². The minimum absolute atomic E-state index is 0.00287. The van der Waals surface area contributed by atoms with Crippen LogP contribution < -0.4 is 0 Å². The molecule has 0 unspecified atom stereocenters. The summed E-state index contributed by atoms with van der Waals surface area (Å²) in [5.41, 5.74) is -0.232. The molecule has 0 N–H and O–H groups in total. The number of rotatable bonds is 4. The van der Waals surface area contributed by atoms with Crippen molar-refractivity contribution < 1.29 is 38.1 Å². The molecular formula is C20H27IO8. The van der Waals surface area contributed by atoms with Gasteiger partial charge >= 0.3 is 17.9 Å². The van der Waals surface area contributed by atoms with Gasteiger partial charge in [0.25, 0.3) is 0 Å². The van der Waals surface area contributed by atoms with Crippen LogP contribution in [0.3, 0.4) is 0 Å². The van der Waals surface area contributed by atoms with Gasteiger partial charge in [-0.25, -0.2) is 0 Å². The fourth-order valence-electron chi connectivity index (χ4n) is 4.83. The van der Waals surface area contributed by atoms with Crippen molar-refractivity contribution in [2.75, 3.05) is 6.61 Å². The maximum atomic E-state index is 11.9. The first-order chi connectivity index (χ1) is 13.5. The van der Waals surface area contributed by atoms with Gasteiger partial charge in [-0.2, -0.15) is 0 Å². The first-order valence-corrected chi connectivity index (χ1v) is 10.7. The van der Waals surface area contributed by atoms with Crippen molar-refractivity contribution in [2.24, 2.45) is 17.3 Å². The lowest BCUT2D eigenvalue weighted by atomic mass is 9.64. The first-order valence-electron chi connectivity index (χ1n) is 9.65. The molecule has 0 amide bonds. The highest BCUT2D eigenvalue weighted by Gasteiger charge is 2.62. The summed E-state index contributed by atoms with van der Waals surface area (Å²) < 4.78 is 29.9. The zero-order chi connectivity index (χ0) is 21.5. The average Bonchev–Trinajstić information content (AvgIpc) is 2.92. The Balaban J connectivity index is 1.98. The highest BCUT2D eigenvalue weighted by molar-refractivity contribution is 14.1. The molecule has 0 radical (unpaired) electrons. The number of hydrogen-bond donors (Lipinski definition) is 0. The second-order valence-electron chi connectivity index (χ2n) is 8.39. The van der Waals surface area contributed by atoms with E-state index >= 15 is 0 Å². The van der Waals surface area contributed by atoms with Crippen LogP contribution in [0.5, 0.6) is 0 Å². The normalized spacial score (nSPS) is 37.6. The molecular weight excluding hydrogens is 495 g/mol. The summed E-state index contributed by atoms with van der Waals surface area (Å²) in [7, 11) is 0. The molecule has 0 aromatic carbocycles. The van der Waals surface area contributed by atoms with Crippen molar-refractivity contribution >= 4 is 40.5 Å². The Kier molecular flexibility index (Phi) is 6.59. The highest BCUT2D eigenvalue weighted by Crippen LogP contribution is 2.55. The predicted molar refractivity (Wildman–Crippen MR) is 109 cm³/mol. The monoisotopic (exact) mass is 522 g/mol. The van der Waals surface area contributed by atoms with E-state index in [1.165, 1.54) is 24.4 Å². The molecule has 0 spiro atoms. The van der Waals surface area contributed by atoms with Crippen LogP contribution in [-0.4, -0.2) is 55.2 Å². The standard InChI is InChI=1S/C20H27IO8/c1-9(22)25-8-14-17(26-10(2)23)18(27-11(3)24)15-16-13(28-19(15)29-14)6-12(21)7-20(16,4)5/h7,13-19H,6,8H2,1-5H3/t13-,14-,15-,16-,17-,18-,19+/m1/s1. The smallest absolute Gasteiger partial charge is 0.303 e. The predicted octanol–water partition coefficient (Wildman–Crippen LogP) is 2.52. The second-order valence-corrected chi connectivity index (χ2v) is 9.77. The second kappa shape index (κ2) is 8.50. The summed E-state index contributed by atoms with van der Waals surface area (Å²) >= 11 is 2.31. The van der Waals surface area contributed by atoms with Gasteiger partial charge in [-0.05, 0) is 31.6 Å². The Hall–Kier alpha value is -1.20. The Morgan fingerprint density at radius 2 is 1.69 bits per heavy atom. The quantitative estimate of drug-likeness (QED) is 0.316. The van der Waals surface area contributed by atoms with Crippen molar-refractivity contribution in [2.45, 2.75) is 71.7 Å². The Bertz CT molecular complexity index is 717. The summed E-state index contributed by atoms with van der Waals surface area (Å²) in [6.45, 7) is 7.98. The number of fused-ring (bicyclic) bond motifs is 3. The van der Waals surface area contributed by atoms with Crippen LogP contribution in [0.4, 0.5) is 0 Å². The molecule has 3 aliphatic rings. The van der Waals surface area contributed by atoms with E-state index in [2.05, 4.69) is 42.5 Å². The summed E-state index contributed by atoms with van der Waals surface area (Å²) in [6.07, 6.45) is -0.295. The number of ether oxygens (including phenoxy) is 5. The third-order valence-corrected chi connectivity index (χ3v) is 6.41. The van der Waals surface area contributed by atoms with Crippen LogP contribution in [0.2, 0.25) is 0 Å². The maximum Gasteiger partial charge on any atom is 0.303 e. The Morgan fingerprint density at radius 1 is 1.07 bits per heavy atom. The van der Waals surface area contributed by atoms with E-state index < -0.39 is 42.5 Å². The van der Waals surface area contributed by atoms with Crippen LogP contribution in [0.15, 0.2) is 9.66 Å². The lowest BCUT2D eigenvalue weighted by Gasteiger charge is -2.46. The van der Waals surface area contributed by atoms with E-state index in [1.807, 2.05) is 0 Å². The van der Waals surface area contributed by atoms with E-state index in [1.54, 1.807) is 0 Å². The van der Waals surface area contributed by atoms with Gasteiger partial charge in [-0.3, -0.25) is 14.4 Å². The zero-order valence-electron chi connectivity index (χ0n) is 17.2. The van der Waals surface area contributed by atoms with Crippen LogP contribution in [0.25, 0.3) is 0 Å². The number of carbonyl (C=O) groups is 3. The summed E-state index contributed by atoms with van der Waals surface area (Å²) in [6, 6.07) is 0. The Morgan fingerprint density at radius 3 is 2.28 bits per heavy atom. The minimum Gasteiger partial charge on any atom is -0.463 e. The molecule has 2 aliphatic heterocycles. The average molecular weight is 522 g/mol. The van der Waals surface area contributed by atoms with Crippen LogP contribution in [-0.2, 0) is 38.1 Å². The van der Waals surface area contributed by atoms with Crippen LogP contribution >= 0.6 is 22.6 Å². The number of hydrogen-bond acceptors (Lipinski definition) is 8. The van der Waals surface area contributed by atoms with Crippen molar-refractivity contribution in [3.63, 3.8) is 0 Å². The van der Waals surface area contributed by atoms with E-state index in [9.17, 15) is 14.4 Å². The van der Waals surface area contributed by atoms with Gasteiger partial charge in [0.15, 0.2) is 12.4 Å². The molecule has 8 nitrogen and oxygen atoms in total. The Labute approximate surface area is 183 Å². The third-order valence-electron chi connectivity index (χ3n) is 5.66. The molecule has 2 saturated heterocycles. The number of allylic oxidation sites excluding steroid dienone is 1. The van der Waals surface area contributed by atoms with Crippen molar-refractivity contribution in [3.05, 3.63) is 9.66 Å². The third kappa shape index (κ3) is 4.77. The lowest BCUT2D eigenvalue weighted by molar-refractivity contribution is -0.274. The maximum absolute atomic E-state index is 11.9. The molecule has 3 rings (SSSR count). The van der Waals surface area contributed by atoms with Gasteiger partial charge in [0, 0.05) is 33.1 Å². The number of esters is 3. The SMILES string of the molecule is CC(=O)OC[C@H]1O[C@@H]2O[C@@H]3CC(I)=CC(C)(C)[C@H]3[C@@H]2[C@@H](OC(C)=O)[C@@H]1OC(C)=O. The van der Waals surface area contributed by atoms with Crippen molar-refractivity contribution in [3.8, 4) is 0 Å². The summed E-state index contributed by atoms with van der Waals surface area (Å²) in [5.74, 6) is -1.82. The van der Waals surface area contributed by atoms with Crippen LogP contribution in [0.1, 0.15) is 41.0 Å². The molecule has 0 bridgehead atoms. The van der Waals surface area contributed by atoms with E-state index in [0.29, 0.717) is 0 Å². The van der Waals surface area contributed by atoms with Crippen LogP contribution in [0, 0.1) is 17.3 Å². The molecule has 2 fully saturated rings. The number of carbonyl (C=O) groups excluding carboxylic acids is 3. The van der Waals surface area contributed by atoms with Gasteiger partial charge < -0.3 is 23.7 Å². The molecule has 0 aromatic rings. The topological polar surface area (TPSA) is 97.4 Å².